The number of hydrogen-bond donors (Lipinski definition) is 0. The van der Waals surface area contributed by atoms with Crippen molar-refractivity contribution in [1.82, 2.24) is 0 Å². The van der Waals surface area contributed by atoms with E-state index in [1.54, 1.807) is 48.5 Å². The first-order valence-corrected chi connectivity index (χ1v) is 17.7. The van der Waals surface area contributed by atoms with Gasteiger partial charge in [0.25, 0.3) is 0 Å². The predicted molar refractivity (Wildman–Crippen MR) is 192 cm³/mol. The molecule has 0 spiro atoms. The molecule has 4 rings (SSSR count). The average Bonchev–Trinajstić information content (AvgIpc) is 3.14. The number of esters is 4. The zero-order valence-corrected chi connectivity index (χ0v) is 30.0. The number of aryl methyl sites for hydroxylation is 2. The Balaban J connectivity index is 1.19. The number of ether oxygens (including phenoxy) is 6. The summed E-state index contributed by atoms with van der Waals surface area (Å²) in [5.41, 5.74) is 2.25. The van der Waals surface area contributed by atoms with Crippen LogP contribution in [0.5, 0.6) is 23.0 Å². The van der Waals surface area contributed by atoms with Gasteiger partial charge in [-0.25, -0.2) is 18.0 Å². The van der Waals surface area contributed by atoms with Crippen molar-refractivity contribution >= 4 is 33.7 Å². The molecule has 0 fully saturated rings. The van der Waals surface area contributed by atoms with Crippen molar-refractivity contribution in [3.8, 4) is 23.0 Å². The van der Waals surface area contributed by atoms with Crippen molar-refractivity contribution in [2.75, 3.05) is 13.6 Å². The third kappa shape index (κ3) is 12.5. The lowest BCUT2D eigenvalue weighted by Gasteiger charge is -2.09. The van der Waals surface area contributed by atoms with E-state index in [0.717, 1.165) is 11.1 Å². The Kier molecular flexibility index (Phi) is 14.1. The standard InChI is InChI=1S/C40H38O12S/c1-27(2)39(43)49-25-47-31-11-5-29(6-12-31)9-23-37(41)51-33-15-19-35(20-16-33)53(45,46)36-21-17-34(18-22-36)52-38(42)24-10-30-7-13-32(14-8-30)48-26-50-40(44)28(3)4/h5-8,11-22H,1,3,9-10,23-26H2,2,4H3. The monoisotopic (exact) mass is 742 g/mol. The Hall–Kier alpha value is -6.21. The van der Waals surface area contributed by atoms with Gasteiger partial charge in [0.15, 0.2) is 0 Å². The van der Waals surface area contributed by atoms with Gasteiger partial charge >= 0.3 is 23.9 Å². The predicted octanol–water partition coefficient (Wildman–Crippen LogP) is 6.51. The molecule has 0 atom stereocenters. The SMILES string of the molecule is C=C(C)C(=O)OCOc1ccc(CCC(=O)Oc2ccc(S(=O)(=O)c3ccc(OC(=O)CCc4ccc(OCOC(=O)C(=C)C)cc4)cc3)cc2)cc1. The molecule has 0 bridgehead atoms. The van der Waals surface area contributed by atoms with Gasteiger partial charge in [-0.2, -0.15) is 0 Å². The molecule has 13 heteroatoms. The van der Waals surface area contributed by atoms with Gasteiger partial charge in [0, 0.05) is 24.0 Å². The maximum absolute atomic E-state index is 13.2. The van der Waals surface area contributed by atoms with Gasteiger partial charge in [0.05, 0.1) is 9.79 Å². The van der Waals surface area contributed by atoms with E-state index in [-0.39, 0.29) is 58.9 Å². The number of carbonyl (C=O) groups is 4. The minimum atomic E-state index is -3.92. The molecular weight excluding hydrogens is 704 g/mol. The summed E-state index contributed by atoms with van der Waals surface area (Å²) in [6.07, 6.45) is 0.940. The number of carbonyl (C=O) groups excluding carboxylic acids is 4. The van der Waals surface area contributed by atoms with E-state index in [4.69, 9.17) is 28.4 Å². The molecule has 0 aromatic heterocycles. The van der Waals surface area contributed by atoms with Gasteiger partial charge in [0.1, 0.15) is 23.0 Å². The highest BCUT2D eigenvalue weighted by atomic mass is 32.2. The van der Waals surface area contributed by atoms with E-state index in [1.807, 2.05) is 0 Å². The van der Waals surface area contributed by atoms with E-state index in [0.29, 0.717) is 24.3 Å². The van der Waals surface area contributed by atoms with Crippen LogP contribution in [0, 0.1) is 0 Å². The van der Waals surface area contributed by atoms with Crippen LogP contribution in [-0.4, -0.2) is 45.9 Å². The molecule has 53 heavy (non-hydrogen) atoms. The lowest BCUT2D eigenvalue weighted by atomic mass is 10.1. The van der Waals surface area contributed by atoms with Crippen LogP contribution in [0.3, 0.4) is 0 Å². The molecule has 0 aliphatic heterocycles. The Morgan fingerprint density at radius 1 is 0.509 bits per heavy atom. The van der Waals surface area contributed by atoms with Gasteiger partial charge in [-0.05, 0) is 111 Å². The normalized spacial score (nSPS) is 10.8. The summed E-state index contributed by atoms with van der Waals surface area (Å²) in [5.74, 6) is -0.739. The van der Waals surface area contributed by atoms with Crippen molar-refractivity contribution in [1.29, 1.82) is 0 Å². The van der Waals surface area contributed by atoms with Crippen LogP contribution in [0.25, 0.3) is 0 Å². The van der Waals surface area contributed by atoms with E-state index < -0.39 is 33.7 Å². The van der Waals surface area contributed by atoms with Crippen LogP contribution in [0.15, 0.2) is 131 Å². The number of sulfone groups is 1. The summed E-state index contributed by atoms with van der Waals surface area (Å²) in [7, 11) is -3.92. The quantitative estimate of drug-likeness (QED) is 0.0472. The second-order valence-corrected chi connectivity index (χ2v) is 13.6. The summed E-state index contributed by atoms with van der Waals surface area (Å²) in [4.78, 5) is 47.7. The van der Waals surface area contributed by atoms with Crippen molar-refractivity contribution in [3.05, 3.63) is 132 Å². The summed E-state index contributed by atoms with van der Waals surface area (Å²) < 4.78 is 57.7. The van der Waals surface area contributed by atoms with Gasteiger partial charge in [0.2, 0.25) is 23.4 Å². The first-order valence-electron chi connectivity index (χ1n) is 16.3. The zero-order valence-electron chi connectivity index (χ0n) is 29.2. The largest absolute Gasteiger partial charge is 0.457 e. The fraction of sp³-hybridized carbons (Fsp3) is 0.200. The Bertz CT molecular complexity index is 1890. The summed E-state index contributed by atoms with van der Waals surface area (Å²) >= 11 is 0. The van der Waals surface area contributed by atoms with E-state index in [1.165, 1.54) is 62.4 Å². The third-order valence-corrected chi connectivity index (χ3v) is 9.13. The highest BCUT2D eigenvalue weighted by molar-refractivity contribution is 7.91. The fourth-order valence-corrected chi connectivity index (χ4v) is 5.68. The van der Waals surface area contributed by atoms with Crippen LogP contribution >= 0.6 is 0 Å². The molecule has 0 saturated carbocycles. The van der Waals surface area contributed by atoms with E-state index in [9.17, 15) is 27.6 Å². The van der Waals surface area contributed by atoms with Gasteiger partial charge in [-0.15, -0.1) is 0 Å². The molecule has 12 nitrogen and oxygen atoms in total. The minimum Gasteiger partial charge on any atom is -0.457 e. The molecule has 0 radical (unpaired) electrons. The Morgan fingerprint density at radius 3 is 1.15 bits per heavy atom. The Morgan fingerprint density at radius 2 is 0.830 bits per heavy atom. The fourth-order valence-electron chi connectivity index (χ4n) is 4.42. The van der Waals surface area contributed by atoms with Crippen molar-refractivity contribution in [2.24, 2.45) is 0 Å². The molecule has 0 aliphatic rings. The number of hydrogen-bond acceptors (Lipinski definition) is 12. The van der Waals surface area contributed by atoms with Gasteiger partial charge < -0.3 is 28.4 Å². The second-order valence-electron chi connectivity index (χ2n) is 11.6. The van der Waals surface area contributed by atoms with Gasteiger partial charge in [-0.3, -0.25) is 9.59 Å². The molecule has 276 valence electrons. The molecule has 4 aromatic carbocycles. The third-order valence-electron chi connectivity index (χ3n) is 7.34. The Labute approximate surface area is 307 Å². The highest BCUT2D eigenvalue weighted by Crippen LogP contribution is 2.26. The topological polar surface area (TPSA) is 158 Å². The van der Waals surface area contributed by atoms with Crippen LogP contribution in [-0.2, 0) is 51.3 Å². The summed E-state index contributed by atoms with van der Waals surface area (Å²) in [6, 6.07) is 24.8. The molecule has 0 unspecified atom stereocenters. The van der Waals surface area contributed by atoms with Crippen molar-refractivity contribution < 1.29 is 56.0 Å². The zero-order chi connectivity index (χ0) is 38.4. The summed E-state index contributed by atoms with van der Waals surface area (Å²) in [5, 5.41) is 0. The van der Waals surface area contributed by atoms with Crippen LogP contribution in [0.2, 0.25) is 0 Å². The van der Waals surface area contributed by atoms with E-state index >= 15 is 0 Å². The van der Waals surface area contributed by atoms with Crippen LogP contribution < -0.4 is 18.9 Å². The maximum atomic E-state index is 13.2. The lowest BCUT2D eigenvalue weighted by molar-refractivity contribution is -0.146. The average molecular weight is 743 g/mol. The number of benzene rings is 4. The lowest BCUT2D eigenvalue weighted by Crippen LogP contribution is -2.11. The van der Waals surface area contributed by atoms with Crippen molar-refractivity contribution in [3.63, 3.8) is 0 Å². The summed E-state index contributed by atoms with van der Waals surface area (Å²) in [6.45, 7) is 9.56. The minimum absolute atomic E-state index is 0.0111. The number of rotatable bonds is 18. The molecule has 0 heterocycles. The molecule has 4 aromatic rings. The van der Waals surface area contributed by atoms with Gasteiger partial charge in [-0.1, -0.05) is 37.4 Å². The molecule has 0 saturated heterocycles. The molecule has 0 aliphatic carbocycles. The molecular formula is C40H38O12S. The van der Waals surface area contributed by atoms with Crippen molar-refractivity contribution in [2.45, 2.75) is 49.3 Å². The molecule has 0 N–H and O–H groups in total. The smallest absolute Gasteiger partial charge is 0.335 e. The first-order chi connectivity index (χ1) is 25.3. The van der Waals surface area contributed by atoms with Crippen LogP contribution in [0.1, 0.15) is 37.8 Å². The van der Waals surface area contributed by atoms with Crippen LogP contribution in [0.4, 0.5) is 0 Å². The maximum Gasteiger partial charge on any atom is 0.335 e. The highest BCUT2D eigenvalue weighted by Gasteiger charge is 2.19. The molecule has 0 amide bonds. The second kappa shape index (κ2) is 18.9. The van der Waals surface area contributed by atoms with E-state index in [2.05, 4.69) is 13.2 Å². The first kappa shape index (κ1) is 39.6.